The molecule has 1 fully saturated rings. The van der Waals surface area contributed by atoms with Crippen LogP contribution in [0, 0.1) is 5.92 Å². The van der Waals surface area contributed by atoms with Crippen molar-refractivity contribution in [2.24, 2.45) is 10.9 Å². The highest BCUT2D eigenvalue weighted by atomic mass is 127. The molecule has 0 aromatic carbocycles. The van der Waals surface area contributed by atoms with E-state index >= 15 is 0 Å². The quantitative estimate of drug-likeness (QED) is 0.239. The molecule has 2 N–H and O–H groups in total. The standard InChI is InChI=1S/C16H35N5S.HI/c1-5-17-16(18-7-12-22-4)19-13-15(3)14-21-10-8-20(6-2)9-11-21;/h15H,5-14H2,1-4H3,(H2,17,18,19);1H. The fourth-order valence-electron chi connectivity index (χ4n) is 2.65. The SMILES string of the molecule is CCNC(=NCC(C)CN1CCN(CC)CC1)NCCSC.I. The summed E-state index contributed by atoms with van der Waals surface area (Å²) in [4.78, 5) is 9.84. The van der Waals surface area contributed by atoms with Gasteiger partial charge in [-0.3, -0.25) is 4.99 Å². The molecule has 0 spiro atoms. The molecule has 0 aromatic heterocycles. The van der Waals surface area contributed by atoms with Crippen molar-refractivity contribution in [1.82, 2.24) is 20.4 Å². The first kappa shape index (κ1) is 23.3. The lowest BCUT2D eigenvalue weighted by Crippen LogP contribution is -2.47. The highest BCUT2D eigenvalue weighted by Gasteiger charge is 2.17. The Morgan fingerprint density at radius 3 is 2.35 bits per heavy atom. The highest BCUT2D eigenvalue weighted by molar-refractivity contribution is 14.0. The number of rotatable bonds is 9. The molecule has 23 heavy (non-hydrogen) atoms. The first-order valence-corrected chi connectivity index (χ1v) is 10.0. The van der Waals surface area contributed by atoms with Crippen molar-refractivity contribution in [2.75, 3.05) is 70.9 Å². The van der Waals surface area contributed by atoms with Gasteiger partial charge in [0.2, 0.25) is 0 Å². The summed E-state index contributed by atoms with van der Waals surface area (Å²) < 4.78 is 0. The van der Waals surface area contributed by atoms with Crippen molar-refractivity contribution < 1.29 is 0 Å². The summed E-state index contributed by atoms with van der Waals surface area (Å²) in [5.41, 5.74) is 0. The van der Waals surface area contributed by atoms with Gasteiger partial charge in [-0.1, -0.05) is 13.8 Å². The summed E-state index contributed by atoms with van der Waals surface area (Å²) >= 11 is 1.86. The number of piperazine rings is 1. The molecule has 1 heterocycles. The number of halogens is 1. The maximum absolute atomic E-state index is 4.73. The predicted molar refractivity (Wildman–Crippen MR) is 115 cm³/mol. The number of hydrogen-bond acceptors (Lipinski definition) is 4. The van der Waals surface area contributed by atoms with Gasteiger partial charge in [0.15, 0.2) is 5.96 Å². The van der Waals surface area contributed by atoms with E-state index in [9.17, 15) is 0 Å². The Hall–Kier alpha value is 0.270. The maximum Gasteiger partial charge on any atom is 0.191 e. The van der Waals surface area contributed by atoms with Crippen molar-refractivity contribution in [3.05, 3.63) is 0 Å². The second-order valence-corrected chi connectivity index (χ2v) is 6.96. The van der Waals surface area contributed by atoms with Crippen molar-refractivity contribution >= 4 is 41.7 Å². The van der Waals surface area contributed by atoms with Gasteiger partial charge in [0.05, 0.1) is 0 Å². The lowest BCUT2D eigenvalue weighted by molar-refractivity contribution is 0.125. The summed E-state index contributed by atoms with van der Waals surface area (Å²) in [6.07, 6.45) is 2.13. The van der Waals surface area contributed by atoms with Crippen LogP contribution in [0.3, 0.4) is 0 Å². The largest absolute Gasteiger partial charge is 0.357 e. The van der Waals surface area contributed by atoms with Gasteiger partial charge in [-0.05, 0) is 25.6 Å². The monoisotopic (exact) mass is 457 g/mol. The van der Waals surface area contributed by atoms with Crippen molar-refractivity contribution in [1.29, 1.82) is 0 Å². The molecular weight excluding hydrogens is 421 g/mol. The first-order chi connectivity index (χ1) is 10.7. The van der Waals surface area contributed by atoms with Gasteiger partial charge < -0.3 is 20.4 Å². The maximum atomic E-state index is 4.73. The second kappa shape index (κ2) is 14.6. The van der Waals surface area contributed by atoms with Crippen molar-refractivity contribution in [3.63, 3.8) is 0 Å². The smallest absolute Gasteiger partial charge is 0.191 e. The molecule has 1 rings (SSSR count). The summed E-state index contributed by atoms with van der Waals surface area (Å²) in [7, 11) is 0. The fourth-order valence-corrected chi connectivity index (χ4v) is 2.95. The predicted octanol–water partition coefficient (Wildman–Crippen LogP) is 1.80. The molecule has 1 saturated heterocycles. The molecule has 0 aromatic rings. The number of guanidine groups is 1. The molecule has 5 nitrogen and oxygen atoms in total. The first-order valence-electron chi connectivity index (χ1n) is 8.65. The Kier molecular flexibility index (Phi) is 14.8. The van der Waals surface area contributed by atoms with E-state index in [1.54, 1.807) is 0 Å². The van der Waals surface area contributed by atoms with Crippen LogP contribution in [0.4, 0.5) is 0 Å². The third kappa shape index (κ3) is 10.7. The Balaban J connectivity index is 0.00000484. The second-order valence-electron chi connectivity index (χ2n) is 5.98. The van der Waals surface area contributed by atoms with Crippen molar-refractivity contribution in [2.45, 2.75) is 20.8 Å². The van der Waals surface area contributed by atoms with Gasteiger partial charge in [-0.25, -0.2) is 0 Å². The number of thioether (sulfide) groups is 1. The molecule has 0 amide bonds. The van der Waals surface area contributed by atoms with Gasteiger partial charge in [-0.15, -0.1) is 24.0 Å². The molecule has 0 radical (unpaired) electrons. The van der Waals surface area contributed by atoms with E-state index in [0.717, 1.165) is 37.9 Å². The molecule has 1 aliphatic heterocycles. The van der Waals surface area contributed by atoms with E-state index < -0.39 is 0 Å². The highest BCUT2D eigenvalue weighted by Crippen LogP contribution is 2.06. The molecule has 0 saturated carbocycles. The molecular formula is C16H36IN5S. The molecule has 1 unspecified atom stereocenters. The van der Waals surface area contributed by atoms with Gasteiger partial charge in [-0.2, -0.15) is 11.8 Å². The van der Waals surface area contributed by atoms with Crippen LogP contribution >= 0.6 is 35.7 Å². The summed E-state index contributed by atoms with van der Waals surface area (Å²) in [6.45, 7) is 16.6. The van der Waals surface area contributed by atoms with Gasteiger partial charge in [0.1, 0.15) is 0 Å². The molecule has 0 bridgehead atoms. The molecule has 7 heteroatoms. The van der Waals surface area contributed by atoms with E-state index in [1.807, 2.05) is 11.8 Å². The zero-order chi connectivity index (χ0) is 16.2. The van der Waals surface area contributed by atoms with Crippen LogP contribution in [0.5, 0.6) is 0 Å². The molecule has 138 valence electrons. The summed E-state index contributed by atoms with van der Waals surface area (Å²) in [5, 5.41) is 6.72. The fraction of sp³-hybridized carbons (Fsp3) is 0.938. The van der Waals surface area contributed by atoms with E-state index in [1.165, 1.54) is 32.7 Å². The van der Waals surface area contributed by atoms with Crippen LogP contribution in [0.2, 0.25) is 0 Å². The van der Waals surface area contributed by atoms with E-state index in [0.29, 0.717) is 5.92 Å². The van der Waals surface area contributed by atoms with E-state index in [2.05, 4.69) is 47.5 Å². The number of hydrogen-bond donors (Lipinski definition) is 2. The number of likely N-dealkylation sites (N-methyl/N-ethyl adjacent to an activating group) is 1. The zero-order valence-corrected chi connectivity index (χ0v) is 18.5. The van der Waals surface area contributed by atoms with Crippen molar-refractivity contribution in [3.8, 4) is 0 Å². The molecule has 0 aliphatic carbocycles. The Morgan fingerprint density at radius 2 is 1.78 bits per heavy atom. The average molecular weight is 457 g/mol. The van der Waals surface area contributed by atoms with E-state index in [-0.39, 0.29) is 24.0 Å². The average Bonchev–Trinajstić information content (AvgIpc) is 2.53. The Labute approximate surface area is 164 Å². The number of nitrogens with zero attached hydrogens (tertiary/aromatic N) is 3. The number of aliphatic imine (C=N–C) groups is 1. The topological polar surface area (TPSA) is 42.9 Å². The molecule has 1 aliphatic rings. The third-order valence-electron chi connectivity index (χ3n) is 3.99. The van der Waals surface area contributed by atoms with Crippen LogP contribution in [-0.2, 0) is 0 Å². The summed E-state index contributed by atoms with van der Waals surface area (Å²) in [6, 6.07) is 0. The normalized spacial score (nSPS) is 18.3. The molecule has 1 atom stereocenters. The third-order valence-corrected chi connectivity index (χ3v) is 4.60. The zero-order valence-electron chi connectivity index (χ0n) is 15.3. The Bertz CT molecular complexity index is 309. The lowest BCUT2D eigenvalue weighted by Gasteiger charge is -2.35. The van der Waals surface area contributed by atoms with Crippen LogP contribution in [0.25, 0.3) is 0 Å². The number of nitrogens with one attached hydrogen (secondary N) is 2. The van der Waals surface area contributed by atoms with Crippen LogP contribution in [0.15, 0.2) is 4.99 Å². The van der Waals surface area contributed by atoms with Gasteiger partial charge in [0, 0.05) is 58.1 Å². The van der Waals surface area contributed by atoms with Gasteiger partial charge in [0.25, 0.3) is 0 Å². The Morgan fingerprint density at radius 1 is 1.13 bits per heavy atom. The van der Waals surface area contributed by atoms with E-state index in [4.69, 9.17) is 4.99 Å². The minimum atomic E-state index is 0. The minimum absolute atomic E-state index is 0. The van der Waals surface area contributed by atoms with Crippen LogP contribution in [0.1, 0.15) is 20.8 Å². The minimum Gasteiger partial charge on any atom is -0.357 e. The van der Waals surface area contributed by atoms with Crippen LogP contribution in [-0.4, -0.2) is 86.7 Å². The summed E-state index contributed by atoms with van der Waals surface area (Å²) in [5.74, 6) is 2.67. The van der Waals surface area contributed by atoms with Gasteiger partial charge >= 0.3 is 0 Å². The van der Waals surface area contributed by atoms with Crippen LogP contribution < -0.4 is 10.6 Å². The lowest BCUT2D eigenvalue weighted by atomic mass is 10.1.